The van der Waals surface area contributed by atoms with Crippen LogP contribution in [0.5, 0.6) is 0 Å². The lowest BCUT2D eigenvalue weighted by atomic mass is 10.0. The number of carbonyl (C=O) groups excluding carboxylic acids is 1. The second-order valence-electron chi connectivity index (χ2n) is 4.45. The summed E-state index contributed by atoms with van der Waals surface area (Å²) >= 11 is 0. The first kappa shape index (κ1) is 11.5. The Morgan fingerprint density at radius 2 is 2.21 bits per heavy atom. The maximum Gasteiger partial charge on any atom is 0.238 e. The van der Waals surface area contributed by atoms with Gasteiger partial charge in [0.2, 0.25) is 5.91 Å². The van der Waals surface area contributed by atoms with Crippen molar-refractivity contribution in [2.24, 2.45) is 5.73 Å². The molecular formula is C10H21N3O. The zero-order chi connectivity index (χ0) is 10.8. The van der Waals surface area contributed by atoms with Gasteiger partial charge in [0.05, 0.1) is 0 Å². The molecule has 0 bridgehead atoms. The zero-order valence-electron chi connectivity index (χ0n) is 9.34. The smallest absolute Gasteiger partial charge is 0.238 e. The number of rotatable bonds is 6. The second kappa shape index (κ2) is 4.28. The van der Waals surface area contributed by atoms with E-state index < -0.39 is 5.54 Å². The van der Waals surface area contributed by atoms with Gasteiger partial charge in [-0.1, -0.05) is 6.92 Å². The number of likely N-dealkylation sites (N-methyl/N-ethyl adjacent to an activating group) is 1. The summed E-state index contributed by atoms with van der Waals surface area (Å²) in [6.45, 7) is 5.56. The van der Waals surface area contributed by atoms with Crippen molar-refractivity contribution < 1.29 is 4.79 Å². The van der Waals surface area contributed by atoms with Crippen LogP contribution in [0.3, 0.4) is 0 Å². The van der Waals surface area contributed by atoms with Crippen LogP contribution in [0.2, 0.25) is 0 Å². The largest absolute Gasteiger partial charge is 0.368 e. The average molecular weight is 199 g/mol. The van der Waals surface area contributed by atoms with E-state index in [2.05, 4.69) is 17.1 Å². The Balaban J connectivity index is 2.54. The van der Waals surface area contributed by atoms with Gasteiger partial charge in [0, 0.05) is 12.6 Å². The van der Waals surface area contributed by atoms with E-state index >= 15 is 0 Å². The minimum atomic E-state index is -0.577. The zero-order valence-corrected chi connectivity index (χ0v) is 9.34. The number of carbonyl (C=O) groups is 1. The molecule has 1 saturated carbocycles. The van der Waals surface area contributed by atoms with Gasteiger partial charge in [0.1, 0.15) is 5.54 Å². The first-order valence-electron chi connectivity index (χ1n) is 5.24. The fourth-order valence-electron chi connectivity index (χ4n) is 1.52. The van der Waals surface area contributed by atoms with E-state index in [0.29, 0.717) is 12.6 Å². The van der Waals surface area contributed by atoms with Gasteiger partial charge in [-0.25, -0.2) is 0 Å². The summed E-state index contributed by atoms with van der Waals surface area (Å²) in [6, 6.07) is 0.498. The Hall–Kier alpha value is -0.610. The molecule has 0 aromatic carbocycles. The first-order valence-corrected chi connectivity index (χ1v) is 5.24. The highest BCUT2D eigenvalue weighted by molar-refractivity contribution is 5.84. The molecule has 1 fully saturated rings. The number of primary amides is 1. The average Bonchev–Trinajstić information content (AvgIpc) is 2.87. The minimum absolute atomic E-state index is 0.260. The lowest BCUT2D eigenvalue weighted by Gasteiger charge is -2.31. The van der Waals surface area contributed by atoms with Crippen molar-refractivity contribution in [2.45, 2.75) is 38.3 Å². The van der Waals surface area contributed by atoms with Crippen molar-refractivity contribution in [1.82, 2.24) is 10.2 Å². The van der Waals surface area contributed by atoms with Crippen molar-refractivity contribution in [1.29, 1.82) is 0 Å². The van der Waals surface area contributed by atoms with Crippen molar-refractivity contribution in [3.05, 3.63) is 0 Å². The van der Waals surface area contributed by atoms with E-state index in [4.69, 9.17) is 5.73 Å². The second-order valence-corrected chi connectivity index (χ2v) is 4.45. The third kappa shape index (κ3) is 2.96. The van der Waals surface area contributed by atoms with Crippen LogP contribution in [0.1, 0.15) is 26.7 Å². The SMILES string of the molecule is CCN(C)CC(C)(NC1CC1)C(N)=O. The van der Waals surface area contributed by atoms with Gasteiger partial charge in [-0.3, -0.25) is 10.1 Å². The Labute approximate surface area is 85.8 Å². The standard InChI is InChI=1S/C10H21N3O/c1-4-13(3)7-10(2,9(11)14)12-8-5-6-8/h8,12H,4-7H2,1-3H3,(H2,11,14). The molecule has 0 spiro atoms. The van der Waals surface area contributed by atoms with Crippen LogP contribution >= 0.6 is 0 Å². The van der Waals surface area contributed by atoms with E-state index in [-0.39, 0.29) is 5.91 Å². The Morgan fingerprint density at radius 1 is 1.64 bits per heavy atom. The molecule has 3 N–H and O–H groups in total. The third-order valence-electron chi connectivity index (χ3n) is 2.77. The number of nitrogens with one attached hydrogen (secondary N) is 1. The van der Waals surface area contributed by atoms with Crippen molar-refractivity contribution >= 4 is 5.91 Å². The van der Waals surface area contributed by atoms with Crippen LogP contribution in [0, 0.1) is 0 Å². The highest BCUT2D eigenvalue weighted by atomic mass is 16.1. The molecule has 0 aromatic heterocycles. The summed E-state index contributed by atoms with van der Waals surface area (Å²) in [5.74, 6) is -0.260. The van der Waals surface area contributed by atoms with Crippen LogP contribution in [0.25, 0.3) is 0 Å². The van der Waals surface area contributed by atoms with Crippen molar-refractivity contribution in [2.75, 3.05) is 20.1 Å². The summed E-state index contributed by atoms with van der Waals surface area (Å²) in [6.07, 6.45) is 2.33. The molecule has 0 saturated heterocycles. The lowest BCUT2D eigenvalue weighted by Crippen LogP contribution is -2.59. The van der Waals surface area contributed by atoms with Crippen molar-refractivity contribution in [3.63, 3.8) is 0 Å². The topological polar surface area (TPSA) is 58.4 Å². The molecule has 1 aliphatic rings. The Morgan fingerprint density at radius 3 is 2.57 bits per heavy atom. The van der Waals surface area contributed by atoms with E-state index in [0.717, 1.165) is 6.54 Å². The Kier molecular flexibility index (Phi) is 3.50. The van der Waals surface area contributed by atoms with E-state index in [1.54, 1.807) is 0 Å². The van der Waals surface area contributed by atoms with Gasteiger partial charge < -0.3 is 10.6 Å². The Bertz CT molecular complexity index is 215. The summed E-state index contributed by atoms with van der Waals surface area (Å²) in [5, 5.41) is 3.32. The highest BCUT2D eigenvalue weighted by Gasteiger charge is 2.37. The van der Waals surface area contributed by atoms with Crippen LogP contribution in [-0.2, 0) is 4.79 Å². The molecular weight excluding hydrogens is 178 g/mol. The molecule has 4 nitrogen and oxygen atoms in total. The van der Waals surface area contributed by atoms with Crippen LogP contribution in [0.15, 0.2) is 0 Å². The number of amides is 1. The number of hydrogen-bond donors (Lipinski definition) is 2. The quantitative estimate of drug-likeness (QED) is 0.630. The summed E-state index contributed by atoms with van der Waals surface area (Å²) in [7, 11) is 2.00. The molecule has 1 amide bonds. The molecule has 82 valence electrons. The molecule has 1 aliphatic carbocycles. The first-order chi connectivity index (χ1) is 6.48. The predicted octanol–water partition coefficient (Wildman–Crippen LogP) is -0.0659. The molecule has 1 atom stereocenters. The molecule has 0 aliphatic heterocycles. The van der Waals surface area contributed by atoms with Gasteiger partial charge in [-0.15, -0.1) is 0 Å². The number of hydrogen-bond acceptors (Lipinski definition) is 3. The maximum atomic E-state index is 11.4. The molecule has 14 heavy (non-hydrogen) atoms. The molecule has 0 radical (unpaired) electrons. The summed E-state index contributed by atoms with van der Waals surface area (Å²) in [5.41, 5.74) is 4.84. The van der Waals surface area contributed by atoms with Gasteiger partial charge in [-0.2, -0.15) is 0 Å². The minimum Gasteiger partial charge on any atom is -0.368 e. The van der Waals surface area contributed by atoms with Gasteiger partial charge >= 0.3 is 0 Å². The summed E-state index contributed by atoms with van der Waals surface area (Å²) < 4.78 is 0. The third-order valence-corrected chi connectivity index (χ3v) is 2.77. The fourth-order valence-corrected chi connectivity index (χ4v) is 1.52. The van der Waals surface area contributed by atoms with E-state index in [1.807, 2.05) is 14.0 Å². The molecule has 0 heterocycles. The normalized spacial score (nSPS) is 20.9. The molecule has 4 heteroatoms. The lowest BCUT2D eigenvalue weighted by molar-refractivity contribution is -0.124. The van der Waals surface area contributed by atoms with Crippen LogP contribution in [-0.4, -0.2) is 42.5 Å². The molecule has 0 aromatic rings. The van der Waals surface area contributed by atoms with Crippen LogP contribution < -0.4 is 11.1 Å². The van der Waals surface area contributed by atoms with E-state index in [1.165, 1.54) is 12.8 Å². The summed E-state index contributed by atoms with van der Waals surface area (Å²) in [4.78, 5) is 13.5. The molecule has 1 rings (SSSR count). The number of nitrogens with zero attached hydrogens (tertiary/aromatic N) is 1. The van der Waals surface area contributed by atoms with Crippen molar-refractivity contribution in [3.8, 4) is 0 Å². The molecule has 1 unspecified atom stereocenters. The van der Waals surface area contributed by atoms with Gasteiger partial charge in [-0.05, 0) is 33.4 Å². The van der Waals surface area contributed by atoms with E-state index in [9.17, 15) is 4.79 Å². The highest BCUT2D eigenvalue weighted by Crippen LogP contribution is 2.22. The van der Waals surface area contributed by atoms with Crippen LogP contribution in [0.4, 0.5) is 0 Å². The van der Waals surface area contributed by atoms with Gasteiger partial charge in [0.15, 0.2) is 0 Å². The monoisotopic (exact) mass is 199 g/mol. The predicted molar refractivity (Wildman–Crippen MR) is 56.9 cm³/mol. The number of nitrogens with two attached hydrogens (primary N) is 1. The maximum absolute atomic E-state index is 11.4. The fraction of sp³-hybridized carbons (Fsp3) is 0.900. The van der Waals surface area contributed by atoms with Gasteiger partial charge in [0.25, 0.3) is 0 Å².